The van der Waals surface area contributed by atoms with Crippen molar-refractivity contribution in [2.24, 2.45) is 5.14 Å². The molecule has 27 heavy (non-hydrogen) atoms. The lowest BCUT2D eigenvalue weighted by molar-refractivity contribution is -0.143. The highest BCUT2D eigenvalue weighted by Crippen LogP contribution is 2.20. The zero-order valence-corrected chi connectivity index (χ0v) is 16.2. The molecule has 0 aliphatic rings. The highest BCUT2D eigenvalue weighted by molar-refractivity contribution is 7.89. The van der Waals surface area contributed by atoms with Crippen molar-refractivity contribution in [3.63, 3.8) is 0 Å². The minimum atomic E-state index is -3.76. The Morgan fingerprint density at radius 2 is 1.81 bits per heavy atom. The highest BCUT2D eigenvalue weighted by atomic mass is 32.2. The standard InChI is InChI=1S/C17H22N4O5S/c1-11-15(8-9-16(22)20(3)10-17(23)24)12(2)21(19-11)13-4-6-14(7-5-13)27(18,25)26/h4-7H,8-10H2,1-3H3,(H,23,24)(H2,18,25,26). The lowest BCUT2D eigenvalue weighted by atomic mass is 10.1. The number of rotatable bonds is 7. The number of benzene rings is 1. The summed E-state index contributed by atoms with van der Waals surface area (Å²) in [6.45, 7) is 3.34. The molecule has 1 aromatic heterocycles. The molecule has 0 fully saturated rings. The second kappa shape index (κ2) is 7.89. The van der Waals surface area contributed by atoms with Crippen LogP contribution in [0.2, 0.25) is 0 Å². The number of primary sulfonamides is 1. The average molecular weight is 394 g/mol. The normalized spacial score (nSPS) is 11.4. The van der Waals surface area contributed by atoms with Gasteiger partial charge in [0.15, 0.2) is 0 Å². The molecule has 0 radical (unpaired) electrons. The molecule has 0 unspecified atom stereocenters. The fourth-order valence-electron chi connectivity index (χ4n) is 2.78. The van der Waals surface area contributed by atoms with Crippen LogP contribution in [0.15, 0.2) is 29.2 Å². The number of likely N-dealkylation sites (N-methyl/N-ethyl adjacent to an activating group) is 1. The number of nitrogens with two attached hydrogens (primary N) is 1. The fourth-order valence-corrected chi connectivity index (χ4v) is 3.29. The maximum Gasteiger partial charge on any atom is 0.323 e. The lowest BCUT2D eigenvalue weighted by Gasteiger charge is -2.14. The summed E-state index contributed by atoms with van der Waals surface area (Å²) in [6.07, 6.45) is 0.594. The van der Waals surface area contributed by atoms with Crippen LogP contribution in [0, 0.1) is 13.8 Å². The van der Waals surface area contributed by atoms with Crippen LogP contribution in [-0.4, -0.2) is 53.7 Å². The largest absolute Gasteiger partial charge is 0.480 e. The number of carboxylic acid groups (broad SMARTS) is 1. The second-order valence-electron chi connectivity index (χ2n) is 6.24. The van der Waals surface area contributed by atoms with Crippen LogP contribution >= 0.6 is 0 Å². The molecule has 0 aliphatic carbocycles. The molecular formula is C17H22N4O5S. The average Bonchev–Trinajstić information content (AvgIpc) is 2.85. The van der Waals surface area contributed by atoms with Gasteiger partial charge in [-0.3, -0.25) is 9.59 Å². The van der Waals surface area contributed by atoms with E-state index in [-0.39, 0.29) is 23.8 Å². The smallest absolute Gasteiger partial charge is 0.323 e. The summed E-state index contributed by atoms with van der Waals surface area (Å²) >= 11 is 0. The maximum absolute atomic E-state index is 12.0. The molecule has 3 N–H and O–H groups in total. The number of aryl methyl sites for hydroxylation is 1. The van der Waals surface area contributed by atoms with Crippen molar-refractivity contribution in [2.75, 3.05) is 13.6 Å². The van der Waals surface area contributed by atoms with Gasteiger partial charge in [0.2, 0.25) is 15.9 Å². The maximum atomic E-state index is 12.0. The van der Waals surface area contributed by atoms with Gasteiger partial charge in [-0.1, -0.05) is 0 Å². The Hall–Kier alpha value is -2.72. The number of amides is 1. The number of carbonyl (C=O) groups excluding carboxylic acids is 1. The van der Waals surface area contributed by atoms with Crippen LogP contribution in [0.1, 0.15) is 23.4 Å². The quantitative estimate of drug-likeness (QED) is 0.706. The molecule has 146 valence electrons. The van der Waals surface area contributed by atoms with E-state index in [9.17, 15) is 18.0 Å². The molecule has 0 aliphatic heterocycles. The molecular weight excluding hydrogens is 372 g/mol. The monoisotopic (exact) mass is 394 g/mol. The summed E-state index contributed by atoms with van der Waals surface area (Å²) in [7, 11) is -2.31. The van der Waals surface area contributed by atoms with Crippen molar-refractivity contribution < 1.29 is 23.1 Å². The van der Waals surface area contributed by atoms with Crippen molar-refractivity contribution in [1.82, 2.24) is 14.7 Å². The lowest BCUT2D eigenvalue weighted by Crippen LogP contribution is -2.32. The molecule has 2 aromatic rings. The number of hydrogen-bond acceptors (Lipinski definition) is 5. The van der Waals surface area contributed by atoms with Gasteiger partial charge in [0.05, 0.1) is 16.3 Å². The second-order valence-corrected chi connectivity index (χ2v) is 7.81. The van der Waals surface area contributed by atoms with E-state index >= 15 is 0 Å². The van der Waals surface area contributed by atoms with E-state index in [1.807, 2.05) is 13.8 Å². The minimum absolute atomic E-state index is 0.0140. The van der Waals surface area contributed by atoms with Gasteiger partial charge >= 0.3 is 5.97 Å². The molecule has 0 bridgehead atoms. The van der Waals surface area contributed by atoms with Crippen LogP contribution in [0.5, 0.6) is 0 Å². The first kappa shape index (κ1) is 20.6. The molecule has 1 aromatic carbocycles. The summed E-state index contributed by atoms with van der Waals surface area (Å²) in [6, 6.07) is 6.03. The highest BCUT2D eigenvalue weighted by Gasteiger charge is 2.17. The van der Waals surface area contributed by atoms with Crippen molar-refractivity contribution in [3.8, 4) is 5.69 Å². The Bertz CT molecular complexity index is 964. The van der Waals surface area contributed by atoms with E-state index < -0.39 is 16.0 Å². The summed E-state index contributed by atoms with van der Waals surface area (Å²) in [4.78, 5) is 23.9. The van der Waals surface area contributed by atoms with Crippen molar-refractivity contribution in [3.05, 3.63) is 41.2 Å². The van der Waals surface area contributed by atoms with E-state index in [4.69, 9.17) is 10.2 Å². The van der Waals surface area contributed by atoms with Gasteiger partial charge in [-0.2, -0.15) is 5.10 Å². The topological polar surface area (TPSA) is 136 Å². The number of carbonyl (C=O) groups is 2. The molecule has 0 saturated carbocycles. The van der Waals surface area contributed by atoms with Crippen molar-refractivity contribution in [1.29, 1.82) is 0 Å². The summed E-state index contributed by atoms with van der Waals surface area (Å²) in [5, 5.41) is 18.3. The Kier molecular flexibility index (Phi) is 6.01. The van der Waals surface area contributed by atoms with E-state index in [1.54, 1.807) is 16.8 Å². The Balaban J connectivity index is 2.19. The summed E-state index contributed by atoms with van der Waals surface area (Å²) < 4.78 is 24.4. The van der Waals surface area contributed by atoms with Gasteiger partial charge in [-0.15, -0.1) is 0 Å². The van der Waals surface area contributed by atoms with E-state index in [0.717, 1.165) is 17.0 Å². The number of carboxylic acids is 1. The van der Waals surface area contributed by atoms with Crippen molar-refractivity contribution >= 4 is 21.9 Å². The first-order valence-corrected chi connectivity index (χ1v) is 9.69. The van der Waals surface area contributed by atoms with Gasteiger partial charge in [-0.25, -0.2) is 18.2 Å². The Labute approximate surface area is 157 Å². The number of aliphatic carboxylic acids is 1. The first-order valence-electron chi connectivity index (χ1n) is 8.14. The first-order chi connectivity index (χ1) is 12.5. The summed E-state index contributed by atoms with van der Waals surface area (Å²) in [5.41, 5.74) is 3.13. The Morgan fingerprint density at radius 1 is 1.22 bits per heavy atom. The number of sulfonamides is 1. The van der Waals surface area contributed by atoms with Crippen LogP contribution in [-0.2, 0) is 26.0 Å². The predicted octanol–water partition coefficient (Wildman–Crippen LogP) is 0.612. The number of nitrogens with zero attached hydrogens (tertiary/aromatic N) is 3. The van der Waals surface area contributed by atoms with E-state index in [0.29, 0.717) is 12.1 Å². The van der Waals surface area contributed by atoms with Crippen LogP contribution in [0.25, 0.3) is 5.69 Å². The zero-order chi connectivity index (χ0) is 20.4. The predicted molar refractivity (Wildman–Crippen MR) is 98.0 cm³/mol. The van der Waals surface area contributed by atoms with Gasteiger partial charge < -0.3 is 10.0 Å². The third-order valence-electron chi connectivity index (χ3n) is 4.24. The zero-order valence-electron chi connectivity index (χ0n) is 15.3. The number of hydrogen-bond donors (Lipinski definition) is 2. The van der Waals surface area contributed by atoms with Gasteiger partial charge in [0.1, 0.15) is 6.54 Å². The third kappa shape index (κ3) is 4.92. The van der Waals surface area contributed by atoms with Gasteiger partial charge in [0, 0.05) is 19.2 Å². The molecule has 0 saturated heterocycles. The molecule has 1 heterocycles. The van der Waals surface area contributed by atoms with Gasteiger partial charge in [0.25, 0.3) is 0 Å². The molecule has 9 nitrogen and oxygen atoms in total. The molecule has 0 spiro atoms. The number of aromatic nitrogens is 2. The molecule has 2 rings (SSSR count). The molecule has 10 heteroatoms. The molecule has 0 atom stereocenters. The van der Waals surface area contributed by atoms with E-state index in [1.165, 1.54) is 24.1 Å². The minimum Gasteiger partial charge on any atom is -0.480 e. The fraction of sp³-hybridized carbons (Fsp3) is 0.353. The summed E-state index contributed by atoms with van der Waals surface area (Å²) in [5.74, 6) is -1.32. The van der Waals surface area contributed by atoms with Crippen LogP contribution < -0.4 is 5.14 Å². The van der Waals surface area contributed by atoms with Gasteiger partial charge in [-0.05, 0) is 50.1 Å². The van der Waals surface area contributed by atoms with Crippen molar-refractivity contribution in [2.45, 2.75) is 31.6 Å². The SMILES string of the molecule is Cc1nn(-c2ccc(S(N)(=O)=O)cc2)c(C)c1CCC(=O)N(C)CC(=O)O. The Morgan fingerprint density at radius 3 is 2.33 bits per heavy atom. The van der Waals surface area contributed by atoms with E-state index in [2.05, 4.69) is 5.10 Å². The molecule has 1 amide bonds. The van der Waals surface area contributed by atoms with Crippen LogP contribution in [0.3, 0.4) is 0 Å². The van der Waals surface area contributed by atoms with Crippen LogP contribution in [0.4, 0.5) is 0 Å². The third-order valence-corrected chi connectivity index (χ3v) is 5.17.